The van der Waals surface area contributed by atoms with Gasteiger partial charge in [-0.25, -0.2) is 0 Å². The van der Waals surface area contributed by atoms with Gasteiger partial charge in [0.15, 0.2) is 0 Å². The average molecular weight is 698 g/mol. The second-order valence-electron chi connectivity index (χ2n) is 14.5. The smallest absolute Gasteiger partial charge is 0.0468 e. The summed E-state index contributed by atoms with van der Waals surface area (Å²) in [5, 5.41) is 15.2. The molecule has 11 aromatic rings. The van der Waals surface area contributed by atoms with Crippen LogP contribution < -0.4 is 4.90 Å². The van der Waals surface area contributed by atoms with Crippen molar-refractivity contribution in [1.29, 1.82) is 0 Å². The van der Waals surface area contributed by atoms with Crippen LogP contribution in [-0.4, -0.2) is 0 Å². The Morgan fingerprint density at radius 1 is 0.218 bits per heavy atom. The molecule has 0 fully saturated rings. The monoisotopic (exact) mass is 697 g/mol. The molecule has 0 bridgehead atoms. The number of benzene rings is 11. The van der Waals surface area contributed by atoms with Gasteiger partial charge in [-0.3, -0.25) is 0 Å². The highest BCUT2D eigenvalue weighted by atomic mass is 15.1. The Labute approximate surface area is 320 Å². The van der Waals surface area contributed by atoms with Crippen LogP contribution in [0.5, 0.6) is 0 Å². The molecule has 0 spiro atoms. The lowest BCUT2D eigenvalue weighted by Gasteiger charge is -2.27. The molecule has 0 N–H and O–H groups in total. The molecule has 11 rings (SSSR count). The number of hydrogen-bond donors (Lipinski definition) is 0. The molecule has 1 nitrogen and oxygen atoms in total. The van der Waals surface area contributed by atoms with Gasteiger partial charge in [0.25, 0.3) is 0 Å². The van der Waals surface area contributed by atoms with Crippen molar-refractivity contribution in [3.63, 3.8) is 0 Å². The quantitative estimate of drug-likeness (QED) is 0.162. The molecular weight excluding hydrogens is 663 g/mol. The maximum Gasteiger partial charge on any atom is 0.0468 e. The average Bonchev–Trinajstić information content (AvgIpc) is 3.26. The van der Waals surface area contributed by atoms with Gasteiger partial charge in [0.05, 0.1) is 0 Å². The molecule has 1 heteroatoms. The van der Waals surface area contributed by atoms with Crippen LogP contribution in [-0.2, 0) is 0 Å². The predicted octanol–water partition coefficient (Wildman–Crippen LogP) is 15.4. The first-order chi connectivity index (χ1) is 27.3. The summed E-state index contributed by atoms with van der Waals surface area (Å²) in [6.45, 7) is 0. The molecule has 0 aliphatic rings. The minimum atomic E-state index is 1.11. The van der Waals surface area contributed by atoms with Gasteiger partial charge in [-0.05, 0) is 129 Å². The van der Waals surface area contributed by atoms with Crippen LogP contribution >= 0.6 is 0 Å². The molecule has 0 aliphatic heterocycles. The lowest BCUT2D eigenvalue weighted by molar-refractivity contribution is 1.29. The fraction of sp³-hybridized carbons (Fsp3) is 0. The highest BCUT2D eigenvalue weighted by Gasteiger charge is 2.17. The van der Waals surface area contributed by atoms with E-state index in [-0.39, 0.29) is 0 Å². The Bertz CT molecular complexity index is 3260. The van der Waals surface area contributed by atoms with Crippen molar-refractivity contribution in [3.8, 4) is 22.3 Å². The molecule has 0 saturated carbocycles. The van der Waals surface area contributed by atoms with Crippen LogP contribution in [0.4, 0.5) is 17.1 Å². The van der Waals surface area contributed by atoms with E-state index in [2.05, 4.69) is 217 Å². The fourth-order valence-corrected chi connectivity index (χ4v) is 8.77. The van der Waals surface area contributed by atoms with Gasteiger partial charge < -0.3 is 4.90 Å². The lowest BCUT2D eigenvalue weighted by atomic mass is 9.91. The highest BCUT2D eigenvalue weighted by Crippen LogP contribution is 2.42. The minimum absolute atomic E-state index is 1.11. The molecule has 256 valence electrons. The molecular formula is C54H35N. The summed E-state index contributed by atoms with van der Waals surface area (Å²) in [4.78, 5) is 2.40. The van der Waals surface area contributed by atoms with Gasteiger partial charge in [-0.15, -0.1) is 0 Å². The van der Waals surface area contributed by atoms with Gasteiger partial charge >= 0.3 is 0 Å². The van der Waals surface area contributed by atoms with Crippen molar-refractivity contribution in [2.24, 2.45) is 0 Å². The number of anilines is 3. The van der Waals surface area contributed by atoms with Crippen LogP contribution in [0.3, 0.4) is 0 Å². The minimum Gasteiger partial charge on any atom is -0.310 e. The van der Waals surface area contributed by atoms with Gasteiger partial charge in [0.1, 0.15) is 0 Å². The number of nitrogens with zero attached hydrogens (tertiary/aromatic N) is 1. The summed E-state index contributed by atoms with van der Waals surface area (Å²) < 4.78 is 0. The van der Waals surface area contributed by atoms with Crippen LogP contribution in [0, 0.1) is 0 Å². The Hall–Kier alpha value is -7.22. The summed E-state index contributed by atoms with van der Waals surface area (Å²) in [6, 6.07) is 77.9. The first-order valence-electron chi connectivity index (χ1n) is 19.0. The van der Waals surface area contributed by atoms with Crippen LogP contribution in [0.25, 0.3) is 86.9 Å². The zero-order valence-corrected chi connectivity index (χ0v) is 30.2. The Morgan fingerprint density at radius 2 is 0.727 bits per heavy atom. The van der Waals surface area contributed by atoms with Crippen molar-refractivity contribution in [2.45, 2.75) is 0 Å². The Kier molecular flexibility index (Phi) is 7.25. The van der Waals surface area contributed by atoms with Crippen LogP contribution in [0.2, 0.25) is 0 Å². The molecule has 0 aliphatic carbocycles. The number of rotatable bonds is 5. The first kappa shape index (κ1) is 31.3. The second-order valence-corrected chi connectivity index (χ2v) is 14.5. The van der Waals surface area contributed by atoms with E-state index < -0.39 is 0 Å². The van der Waals surface area contributed by atoms with Crippen molar-refractivity contribution < 1.29 is 0 Å². The predicted molar refractivity (Wildman–Crippen MR) is 237 cm³/mol. The van der Waals surface area contributed by atoms with Gasteiger partial charge in [0, 0.05) is 17.1 Å². The van der Waals surface area contributed by atoms with E-state index in [4.69, 9.17) is 0 Å². The maximum absolute atomic E-state index is 2.40. The molecule has 0 heterocycles. The van der Waals surface area contributed by atoms with E-state index in [0.29, 0.717) is 0 Å². The molecule has 11 aromatic carbocycles. The summed E-state index contributed by atoms with van der Waals surface area (Å²) >= 11 is 0. The molecule has 0 unspecified atom stereocenters. The maximum atomic E-state index is 2.40. The lowest BCUT2D eigenvalue weighted by Crippen LogP contribution is -2.10. The van der Waals surface area contributed by atoms with E-state index in [1.165, 1.54) is 86.9 Å². The van der Waals surface area contributed by atoms with E-state index >= 15 is 0 Å². The normalized spacial score (nSPS) is 11.6. The Balaban J connectivity index is 1.09. The summed E-state index contributed by atoms with van der Waals surface area (Å²) in [6.07, 6.45) is 0. The SMILES string of the molecule is c1cc(-c2cccc3ccccc23)cc(N(c2ccc(-c3cc4c5ccccc5ccc4c4ccccc34)cc2)c2ccc3c(ccc4ccccc43)c2)c1. The van der Waals surface area contributed by atoms with Crippen molar-refractivity contribution >= 4 is 81.7 Å². The summed E-state index contributed by atoms with van der Waals surface area (Å²) in [5.74, 6) is 0. The first-order valence-corrected chi connectivity index (χ1v) is 19.0. The standard InChI is InChI=1S/C54H35N/c1-4-17-45-36(11-1)14-10-22-48(45)40-15-9-16-43(33-40)55(44-30-32-49-41(34-44)24-23-37-12-2-5-18-46(37)49)42-28-25-39(26-29-42)53-35-54-47-19-6-3-13-38(47)27-31-52(54)50-20-7-8-21-51(50)53/h1-35H. The third-order valence-corrected chi connectivity index (χ3v) is 11.4. The highest BCUT2D eigenvalue weighted by molar-refractivity contribution is 6.21. The molecule has 55 heavy (non-hydrogen) atoms. The van der Waals surface area contributed by atoms with Gasteiger partial charge in [-0.2, -0.15) is 0 Å². The van der Waals surface area contributed by atoms with E-state index in [1.807, 2.05) is 0 Å². The van der Waals surface area contributed by atoms with E-state index in [1.54, 1.807) is 0 Å². The topological polar surface area (TPSA) is 3.24 Å². The molecule has 0 aromatic heterocycles. The molecule has 0 atom stereocenters. The van der Waals surface area contributed by atoms with E-state index in [9.17, 15) is 0 Å². The fourth-order valence-electron chi connectivity index (χ4n) is 8.77. The van der Waals surface area contributed by atoms with Crippen molar-refractivity contribution in [1.82, 2.24) is 0 Å². The van der Waals surface area contributed by atoms with Gasteiger partial charge in [-0.1, -0.05) is 170 Å². The third kappa shape index (κ3) is 5.24. The summed E-state index contributed by atoms with van der Waals surface area (Å²) in [5.41, 5.74) is 8.20. The van der Waals surface area contributed by atoms with Crippen molar-refractivity contribution in [3.05, 3.63) is 212 Å². The number of fused-ring (bicyclic) bond motifs is 9. The molecule has 0 radical (unpaired) electrons. The molecule has 0 saturated heterocycles. The largest absolute Gasteiger partial charge is 0.310 e. The summed E-state index contributed by atoms with van der Waals surface area (Å²) in [7, 11) is 0. The van der Waals surface area contributed by atoms with Crippen LogP contribution in [0.15, 0.2) is 212 Å². The van der Waals surface area contributed by atoms with Crippen LogP contribution in [0.1, 0.15) is 0 Å². The van der Waals surface area contributed by atoms with E-state index in [0.717, 1.165) is 17.1 Å². The zero-order valence-electron chi connectivity index (χ0n) is 30.2. The molecule has 0 amide bonds. The van der Waals surface area contributed by atoms with Crippen molar-refractivity contribution in [2.75, 3.05) is 4.90 Å². The number of hydrogen-bond acceptors (Lipinski definition) is 1. The Morgan fingerprint density at radius 3 is 1.51 bits per heavy atom. The van der Waals surface area contributed by atoms with Gasteiger partial charge in [0.2, 0.25) is 0 Å². The zero-order chi connectivity index (χ0) is 36.3. The third-order valence-electron chi connectivity index (χ3n) is 11.4. The second kappa shape index (κ2) is 12.7.